The second-order valence-electron chi connectivity index (χ2n) is 6.13. The van der Waals surface area contributed by atoms with Crippen LogP contribution < -0.4 is 10.1 Å². The fourth-order valence-electron chi connectivity index (χ4n) is 2.86. The Morgan fingerprint density at radius 2 is 1.80 bits per heavy atom. The number of methoxy groups -OCH3 is 1. The van der Waals surface area contributed by atoms with Gasteiger partial charge in [0.1, 0.15) is 17.4 Å². The van der Waals surface area contributed by atoms with Gasteiger partial charge in [0.05, 0.1) is 18.4 Å². The summed E-state index contributed by atoms with van der Waals surface area (Å²) in [5.41, 5.74) is 2.12. The summed E-state index contributed by atoms with van der Waals surface area (Å²) in [4.78, 5) is 32.4. The Morgan fingerprint density at radius 1 is 1.03 bits per heavy atom. The van der Waals surface area contributed by atoms with Crippen LogP contribution in [-0.2, 0) is 9.53 Å². The van der Waals surface area contributed by atoms with Gasteiger partial charge in [-0.05, 0) is 12.1 Å². The van der Waals surface area contributed by atoms with E-state index in [1.807, 2.05) is 30.3 Å². The van der Waals surface area contributed by atoms with Crippen molar-refractivity contribution < 1.29 is 23.6 Å². The van der Waals surface area contributed by atoms with E-state index in [9.17, 15) is 9.59 Å². The Bertz CT molecular complexity index is 1210. The molecule has 1 N–H and O–H groups in total. The van der Waals surface area contributed by atoms with Gasteiger partial charge in [0.25, 0.3) is 11.6 Å². The maximum atomic E-state index is 12.4. The Kier molecular flexibility index (Phi) is 5.33. The number of nitrogens with one attached hydrogen (secondary N) is 1. The lowest BCUT2D eigenvalue weighted by Gasteiger charge is -2.10. The highest BCUT2D eigenvalue weighted by Gasteiger charge is 2.19. The van der Waals surface area contributed by atoms with Crippen molar-refractivity contribution >= 4 is 28.7 Å². The Balaban J connectivity index is 1.54. The van der Waals surface area contributed by atoms with Gasteiger partial charge in [-0.3, -0.25) is 4.79 Å². The van der Waals surface area contributed by atoms with Gasteiger partial charge in [-0.25, -0.2) is 9.78 Å². The fourth-order valence-corrected chi connectivity index (χ4v) is 2.86. The van der Waals surface area contributed by atoms with Gasteiger partial charge in [0.15, 0.2) is 6.61 Å². The smallest absolute Gasteiger partial charge is 0.339 e. The Hall–Kier alpha value is -4.27. The first-order valence-corrected chi connectivity index (χ1v) is 8.93. The van der Waals surface area contributed by atoms with Crippen LogP contribution in [0.25, 0.3) is 22.4 Å². The summed E-state index contributed by atoms with van der Waals surface area (Å²) < 4.78 is 15.6. The molecule has 150 valence electrons. The second-order valence-corrected chi connectivity index (χ2v) is 6.13. The summed E-state index contributed by atoms with van der Waals surface area (Å²) in [5.74, 6) is -0.867. The average molecular weight is 404 g/mol. The van der Waals surface area contributed by atoms with Gasteiger partial charge < -0.3 is 19.3 Å². The molecule has 0 aliphatic rings. The standard InChI is InChI=1S/C21H16N4O5/c1-28-21(27)14-9-5-6-10-15(14)24-16(26)11-29-19-17-18(13-7-3-2-4-8-13)25-30-20(17)23-12-22-19/h2-10,12H,11H2,1H3,(H,24,26). The van der Waals surface area contributed by atoms with Crippen molar-refractivity contribution in [3.63, 3.8) is 0 Å². The number of nitrogens with zero attached hydrogens (tertiary/aromatic N) is 3. The van der Waals surface area contributed by atoms with Gasteiger partial charge in [0, 0.05) is 5.56 Å². The minimum absolute atomic E-state index is 0.163. The summed E-state index contributed by atoms with van der Waals surface area (Å²) in [7, 11) is 1.27. The summed E-state index contributed by atoms with van der Waals surface area (Å²) in [5, 5.41) is 7.15. The second kappa shape index (κ2) is 8.39. The topological polar surface area (TPSA) is 116 Å². The lowest BCUT2D eigenvalue weighted by molar-refractivity contribution is -0.118. The molecular formula is C21H16N4O5. The highest BCUT2D eigenvalue weighted by atomic mass is 16.5. The van der Waals surface area contributed by atoms with Gasteiger partial charge in [-0.1, -0.05) is 47.6 Å². The number of esters is 1. The minimum atomic E-state index is -0.554. The molecule has 0 aliphatic heterocycles. The number of hydrogen-bond acceptors (Lipinski definition) is 8. The highest BCUT2D eigenvalue weighted by Crippen LogP contribution is 2.32. The third-order valence-electron chi connectivity index (χ3n) is 4.23. The minimum Gasteiger partial charge on any atom is -0.467 e. The van der Waals surface area contributed by atoms with Crippen molar-refractivity contribution in [2.24, 2.45) is 0 Å². The predicted octanol–water partition coefficient (Wildman–Crippen LogP) is 3.09. The molecule has 0 atom stereocenters. The summed E-state index contributed by atoms with van der Waals surface area (Å²) in [6.45, 7) is -0.346. The third-order valence-corrected chi connectivity index (χ3v) is 4.23. The third kappa shape index (κ3) is 3.81. The van der Waals surface area contributed by atoms with Crippen LogP contribution in [0, 0.1) is 0 Å². The van der Waals surface area contributed by atoms with Crippen molar-refractivity contribution in [3.8, 4) is 17.1 Å². The zero-order valence-electron chi connectivity index (χ0n) is 15.9. The van der Waals surface area contributed by atoms with Crippen molar-refractivity contribution in [1.29, 1.82) is 0 Å². The molecule has 1 amide bonds. The number of carbonyl (C=O) groups excluding carboxylic acids is 2. The van der Waals surface area contributed by atoms with E-state index in [4.69, 9.17) is 14.0 Å². The largest absolute Gasteiger partial charge is 0.467 e. The monoisotopic (exact) mass is 404 g/mol. The SMILES string of the molecule is COC(=O)c1ccccc1NC(=O)COc1ncnc2onc(-c3ccccc3)c12. The number of carbonyl (C=O) groups is 2. The summed E-state index contributed by atoms with van der Waals surface area (Å²) in [6, 6.07) is 15.9. The fraction of sp³-hybridized carbons (Fsp3) is 0.0952. The molecule has 9 heteroatoms. The molecule has 0 fully saturated rings. The first-order chi connectivity index (χ1) is 14.7. The number of amides is 1. The van der Waals surface area contributed by atoms with Gasteiger partial charge >= 0.3 is 5.97 Å². The normalized spacial score (nSPS) is 10.6. The number of hydrogen-bond donors (Lipinski definition) is 1. The van der Waals surface area contributed by atoms with Crippen molar-refractivity contribution in [3.05, 3.63) is 66.5 Å². The van der Waals surface area contributed by atoms with Crippen molar-refractivity contribution in [2.45, 2.75) is 0 Å². The molecule has 0 saturated carbocycles. The average Bonchev–Trinajstić information content (AvgIpc) is 3.23. The summed E-state index contributed by atoms with van der Waals surface area (Å²) >= 11 is 0. The number of anilines is 1. The van der Waals surface area contributed by atoms with Crippen LogP contribution in [0.4, 0.5) is 5.69 Å². The van der Waals surface area contributed by atoms with E-state index in [2.05, 4.69) is 20.4 Å². The molecule has 2 aromatic heterocycles. The summed E-state index contributed by atoms with van der Waals surface area (Å²) in [6.07, 6.45) is 1.27. The van der Waals surface area contributed by atoms with Crippen LogP contribution in [0.1, 0.15) is 10.4 Å². The number of rotatable bonds is 6. The zero-order chi connectivity index (χ0) is 20.9. The molecule has 9 nitrogen and oxygen atoms in total. The van der Waals surface area contributed by atoms with E-state index in [1.54, 1.807) is 24.3 Å². The van der Waals surface area contributed by atoms with E-state index in [-0.39, 0.29) is 23.8 Å². The molecule has 0 radical (unpaired) electrons. The molecule has 0 spiro atoms. The van der Waals surface area contributed by atoms with E-state index < -0.39 is 11.9 Å². The number of aromatic nitrogens is 3. The van der Waals surface area contributed by atoms with Gasteiger partial charge in [-0.2, -0.15) is 4.98 Å². The molecule has 2 heterocycles. The number of ether oxygens (including phenoxy) is 2. The van der Waals surface area contributed by atoms with E-state index in [1.165, 1.54) is 13.4 Å². The number of fused-ring (bicyclic) bond motifs is 1. The van der Waals surface area contributed by atoms with Crippen molar-refractivity contribution in [1.82, 2.24) is 15.1 Å². The Morgan fingerprint density at radius 3 is 2.60 bits per heavy atom. The maximum absolute atomic E-state index is 12.4. The number of para-hydroxylation sites is 1. The van der Waals surface area contributed by atoms with Crippen molar-refractivity contribution in [2.75, 3.05) is 19.0 Å². The predicted molar refractivity (Wildman–Crippen MR) is 107 cm³/mol. The maximum Gasteiger partial charge on any atom is 0.339 e. The van der Waals surface area contributed by atoms with Crippen LogP contribution in [0.2, 0.25) is 0 Å². The molecule has 0 bridgehead atoms. The quantitative estimate of drug-likeness (QED) is 0.487. The van der Waals surface area contributed by atoms with Crippen LogP contribution in [0.15, 0.2) is 65.4 Å². The van der Waals surface area contributed by atoms with E-state index >= 15 is 0 Å². The lowest BCUT2D eigenvalue weighted by atomic mass is 10.1. The molecule has 4 rings (SSSR count). The molecule has 0 saturated heterocycles. The van der Waals surface area contributed by atoms with Crippen LogP contribution in [0.3, 0.4) is 0 Å². The molecule has 30 heavy (non-hydrogen) atoms. The van der Waals surface area contributed by atoms with Crippen LogP contribution in [-0.4, -0.2) is 40.7 Å². The highest BCUT2D eigenvalue weighted by molar-refractivity contribution is 6.01. The molecule has 0 aliphatic carbocycles. The molecular weight excluding hydrogens is 388 g/mol. The van der Waals surface area contributed by atoms with Gasteiger partial charge in [0.2, 0.25) is 5.88 Å². The first kappa shape index (κ1) is 19.1. The van der Waals surface area contributed by atoms with E-state index in [0.717, 1.165) is 5.56 Å². The van der Waals surface area contributed by atoms with E-state index in [0.29, 0.717) is 16.8 Å². The number of benzene rings is 2. The first-order valence-electron chi connectivity index (χ1n) is 8.93. The molecule has 4 aromatic rings. The molecule has 0 unspecified atom stereocenters. The Labute approximate surface area is 170 Å². The van der Waals surface area contributed by atoms with Gasteiger partial charge in [-0.15, -0.1) is 0 Å². The van der Waals surface area contributed by atoms with Crippen LogP contribution >= 0.6 is 0 Å². The molecule has 2 aromatic carbocycles. The zero-order valence-corrected chi connectivity index (χ0v) is 15.9. The lowest BCUT2D eigenvalue weighted by Crippen LogP contribution is -2.22. The van der Waals surface area contributed by atoms with Crippen LogP contribution in [0.5, 0.6) is 5.88 Å².